The van der Waals surface area contributed by atoms with Gasteiger partial charge in [-0.25, -0.2) is 4.98 Å². The highest BCUT2D eigenvalue weighted by molar-refractivity contribution is 9.10. The van der Waals surface area contributed by atoms with E-state index in [1.807, 2.05) is 32.9 Å². The van der Waals surface area contributed by atoms with Crippen LogP contribution in [0.2, 0.25) is 5.02 Å². The maximum Gasteiger partial charge on any atom is 0.312 e. The first kappa shape index (κ1) is 27.0. The fourth-order valence-electron chi connectivity index (χ4n) is 3.58. The van der Waals surface area contributed by atoms with Crippen LogP contribution < -0.4 is 10.3 Å². The summed E-state index contributed by atoms with van der Waals surface area (Å²) in [5, 5.41) is 17.2. The van der Waals surface area contributed by atoms with Crippen molar-refractivity contribution in [3.63, 3.8) is 0 Å². The van der Waals surface area contributed by atoms with Crippen molar-refractivity contribution < 1.29 is 9.66 Å². The van der Waals surface area contributed by atoms with Crippen LogP contribution in [0.15, 0.2) is 73.4 Å². The minimum Gasteiger partial charge on any atom is -0.481 e. The van der Waals surface area contributed by atoms with E-state index in [0.717, 1.165) is 4.47 Å². The van der Waals surface area contributed by atoms with E-state index in [1.165, 1.54) is 17.0 Å². The molecule has 4 rings (SSSR count). The van der Waals surface area contributed by atoms with Gasteiger partial charge in [-0.2, -0.15) is 9.78 Å². The van der Waals surface area contributed by atoms with Crippen molar-refractivity contribution in [3.8, 4) is 5.75 Å². The summed E-state index contributed by atoms with van der Waals surface area (Å²) < 4.78 is 8.10. The van der Waals surface area contributed by atoms with Crippen molar-refractivity contribution in [1.82, 2.24) is 9.66 Å². The van der Waals surface area contributed by atoms with Gasteiger partial charge in [-0.15, -0.1) is 0 Å². The molecular formula is C26H21Br2ClN4O4. The first-order chi connectivity index (χ1) is 17.5. The standard InChI is InChI=1S/C26H21Br2ClN4O4/c1-26(2,3)25-31-21-9-8-17(27)12-18(21)24(34)32(25)30-13-15-10-19(28)23(22(11-15)33(35)36)37-14-16-6-4-5-7-20(16)29/h4-13H,14H2,1-3H3. The maximum atomic E-state index is 13.4. The topological polar surface area (TPSA) is 99.6 Å². The number of fused-ring (bicyclic) bond motifs is 1. The van der Waals surface area contributed by atoms with Crippen LogP contribution in [-0.2, 0) is 12.0 Å². The van der Waals surface area contributed by atoms with Gasteiger partial charge in [-0.3, -0.25) is 14.9 Å². The van der Waals surface area contributed by atoms with Crippen molar-refractivity contribution in [2.24, 2.45) is 5.10 Å². The summed E-state index contributed by atoms with van der Waals surface area (Å²) in [4.78, 5) is 29.4. The lowest BCUT2D eigenvalue weighted by Crippen LogP contribution is -2.29. The van der Waals surface area contributed by atoms with Gasteiger partial charge in [-0.1, -0.05) is 66.5 Å². The molecule has 0 spiro atoms. The van der Waals surface area contributed by atoms with Gasteiger partial charge in [0.25, 0.3) is 5.56 Å². The van der Waals surface area contributed by atoms with Crippen molar-refractivity contribution in [3.05, 3.63) is 106 Å². The highest BCUT2D eigenvalue weighted by atomic mass is 79.9. The summed E-state index contributed by atoms with van der Waals surface area (Å²) in [6.07, 6.45) is 1.39. The summed E-state index contributed by atoms with van der Waals surface area (Å²) in [6.45, 7) is 5.84. The molecule has 0 saturated heterocycles. The van der Waals surface area contributed by atoms with E-state index < -0.39 is 10.3 Å². The van der Waals surface area contributed by atoms with Gasteiger partial charge in [0.05, 0.1) is 26.5 Å². The van der Waals surface area contributed by atoms with Crippen molar-refractivity contribution in [2.75, 3.05) is 0 Å². The fraction of sp³-hybridized carbons (Fsp3) is 0.192. The molecule has 0 N–H and O–H groups in total. The van der Waals surface area contributed by atoms with Gasteiger partial charge in [0.1, 0.15) is 12.4 Å². The van der Waals surface area contributed by atoms with Crippen LogP contribution in [0.4, 0.5) is 5.69 Å². The molecule has 0 radical (unpaired) electrons. The third-order valence-electron chi connectivity index (χ3n) is 5.37. The van der Waals surface area contributed by atoms with Crippen LogP contribution in [-0.4, -0.2) is 20.8 Å². The Balaban J connectivity index is 1.76. The van der Waals surface area contributed by atoms with Crippen molar-refractivity contribution in [1.29, 1.82) is 0 Å². The van der Waals surface area contributed by atoms with Gasteiger partial charge in [0.15, 0.2) is 0 Å². The number of benzene rings is 3. The monoisotopic (exact) mass is 646 g/mol. The lowest BCUT2D eigenvalue weighted by atomic mass is 9.95. The zero-order valence-corrected chi connectivity index (χ0v) is 24.0. The van der Waals surface area contributed by atoms with Crippen LogP contribution in [0.5, 0.6) is 5.75 Å². The molecule has 0 aliphatic heterocycles. The summed E-state index contributed by atoms with van der Waals surface area (Å²) in [5.41, 5.74) is 0.543. The van der Waals surface area contributed by atoms with Crippen LogP contribution >= 0.6 is 43.5 Å². The van der Waals surface area contributed by atoms with Gasteiger partial charge >= 0.3 is 5.69 Å². The lowest BCUT2D eigenvalue weighted by molar-refractivity contribution is -0.386. The number of nitrogens with zero attached hydrogens (tertiary/aromatic N) is 4. The molecule has 0 atom stereocenters. The normalized spacial score (nSPS) is 11.8. The molecule has 0 aliphatic rings. The molecule has 3 aromatic carbocycles. The number of nitro groups is 1. The molecule has 0 saturated carbocycles. The number of ether oxygens (including phenoxy) is 1. The Morgan fingerprint density at radius 1 is 1.16 bits per heavy atom. The first-order valence-corrected chi connectivity index (χ1v) is 13.0. The van der Waals surface area contributed by atoms with Gasteiger partial charge < -0.3 is 4.74 Å². The molecule has 1 heterocycles. The summed E-state index contributed by atoms with van der Waals surface area (Å²) in [6, 6.07) is 15.3. The van der Waals surface area contributed by atoms with Crippen molar-refractivity contribution in [2.45, 2.75) is 32.8 Å². The maximum absolute atomic E-state index is 13.4. The second kappa shape index (κ2) is 10.7. The molecule has 11 heteroatoms. The third-order valence-corrected chi connectivity index (χ3v) is 6.83. The second-order valence-electron chi connectivity index (χ2n) is 9.20. The van der Waals surface area contributed by atoms with Gasteiger partial charge in [0.2, 0.25) is 5.75 Å². The number of aromatic nitrogens is 2. The highest BCUT2D eigenvalue weighted by Crippen LogP contribution is 2.37. The van der Waals surface area contributed by atoms with Crippen LogP contribution in [0.1, 0.15) is 37.7 Å². The summed E-state index contributed by atoms with van der Waals surface area (Å²) >= 11 is 12.9. The molecular weight excluding hydrogens is 628 g/mol. The minimum atomic E-state index is -0.536. The predicted octanol–water partition coefficient (Wildman–Crippen LogP) is 7.24. The fourth-order valence-corrected chi connectivity index (χ4v) is 4.72. The largest absolute Gasteiger partial charge is 0.481 e. The van der Waals surface area contributed by atoms with E-state index >= 15 is 0 Å². The average Bonchev–Trinajstić information content (AvgIpc) is 2.83. The smallest absolute Gasteiger partial charge is 0.312 e. The molecule has 0 unspecified atom stereocenters. The Hall–Kier alpha value is -3.08. The second-order valence-corrected chi connectivity index (χ2v) is 11.4. The number of hydrogen-bond donors (Lipinski definition) is 0. The molecule has 0 amide bonds. The van der Waals surface area contributed by atoms with E-state index in [1.54, 1.807) is 36.4 Å². The van der Waals surface area contributed by atoms with E-state index in [0.29, 0.717) is 37.3 Å². The minimum absolute atomic E-state index is 0.0508. The Morgan fingerprint density at radius 3 is 2.57 bits per heavy atom. The van der Waals surface area contributed by atoms with Crippen LogP contribution in [0.3, 0.4) is 0 Å². The highest BCUT2D eigenvalue weighted by Gasteiger charge is 2.24. The molecule has 37 heavy (non-hydrogen) atoms. The number of nitro benzene ring substituents is 1. The molecule has 190 valence electrons. The van der Waals surface area contributed by atoms with E-state index in [4.69, 9.17) is 16.3 Å². The molecule has 0 aliphatic carbocycles. The van der Waals surface area contributed by atoms with Gasteiger partial charge in [-0.05, 0) is 46.3 Å². The molecule has 0 bridgehead atoms. The Kier molecular flexibility index (Phi) is 7.82. The number of halogens is 3. The number of rotatable bonds is 6. The SMILES string of the molecule is CC(C)(C)c1nc2ccc(Br)cc2c(=O)n1N=Cc1cc(Br)c(OCc2ccccc2Cl)c([N+](=O)[O-])c1. The molecule has 1 aromatic heterocycles. The van der Waals surface area contributed by atoms with E-state index in [9.17, 15) is 14.9 Å². The Labute approximate surface area is 234 Å². The first-order valence-electron chi connectivity index (χ1n) is 11.1. The predicted molar refractivity (Wildman–Crippen MR) is 152 cm³/mol. The zero-order valence-electron chi connectivity index (χ0n) is 20.0. The van der Waals surface area contributed by atoms with E-state index in [2.05, 4.69) is 41.9 Å². The molecule has 8 nitrogen and oxygen atoms in total. The summed E-state index contributed by atoms with van der Waals surface area (Å²) in [5.74, 6) is 0.517. The Bertz CT molecular complexity index is 1610. The zero-order chi connectivity index (χ0) is 26.9. The van der Waals surface area contributed by atoms with Crippen molar-refractivity contribution >= 4 is 66.3 Å². The molecule has 4 aromatic rings. The third kappa shape index (κ3) is 5.92. The lowest BCUT2D eigenvalue weighted by Gasteiger charge is -2.20. The van der Waals surface area contributed by atoms with Crippen LogP contribution in [0, 0.1) is 10.1 Å². The molecule has 0 fully saturated rings. The van der Waals surface area contributed by atoms with Gasteiger partial charge in [0, 0.05) is 32.1 Å². The quantitative estimate of drug-likeness (QED) is 0.125. The van der Waals surface area contributed by atoms with Crippen LogP contribution in [0.25, 0.3) is 10.9 Å². The van der Waals surface area contributed by atoms with E-state index in [-0.39, 0.29) is 23.6 Å². The summed E-state index contributed by atoms with van der Waals surface area (Å²) in [7, 11) is 0. The average molecular weight is 649 g/mol. The Morgan fingerprint density at radius 2 is 1.89 bits per heavy atom. The number of hydrogen-bond acceptors (Lipinski definition) is 6.